The van der Waals surface area contributed by atoms with Gasteiger partial charge in [0, 0.05) is 57.7 Å². The summed E-state index contributed by atoms with van der Waals surface area (Å²) < 4.78 is 23.5. The first-order chi connectivity index (χ1) is 28.0. The molecule has 302 valence electrons. The molecule has 58 heavy (non-hydrogen) atoms. The lowest BCUT2D eigenvalue weighted by molar-refractivity contribution is -0.146. The number of aryl methyl sites for hydroxylation is 2. The standard InChI is InChI=1S/C40H44N10O8/c1-5-7-16-48-35-33(43-40(48)44-39(55)28-20-24(3)45-50(28)6-2)34(49-23-42-26-11-8-9-12-27(26)49)32(38(41)54)36(56-4)37(35)58-19-10-18-57-25-21-46(22-25)29(51)15-17-47-30(52)13-14-31(47)53/h5,7-9,11-14,20,23,25H,6,10,15-19,21-22H2,1-4H3,(H2,41,54)(H,43,44,55). The number of carbonyl (C=O) groups is 5. The smallest absolute Gasteiger partial charge is 0.276 e. The Labute approximate surface area is 332 Å². The SMILES string of the molecule is CC=CCn1c(NC(=O)c2cc(C)nn2CC)nc2c(-n3cnc4ccccc43)c(C(N)=O)c(OC)c(OCCCOC3CN(C(=O)CCN4C(=O)C=CC4=O)C3)c21. The van der Waals surface area contributed by atoms with Gasteiger partial charge in [0.05, 0.1) is 48.8 Å². The minimum absolute atomic E-state index is 0.00611. The van der Waals surface area contributed by atoms with Gasteiger partial charge in [-0.1, -0.05) is 24.3 Å². The van der Waals surface area contributed by atoms with E-state index in [1.807, 2.05) is 57.2 Å². The number of carbonyl (C=O) groups excluding carboxylic acids is 5. The van der Waals surface area contributed by atoms with Gasteiger partial charge in [0.2, 0.25) is 11.9 Å². The van der Waals surface area contributed by atoms with E-state index in [1.165, 1.54) is 19.3 Å². The van der Waals surface area contributed by atoms with Crippen molar-refractivity contribution in [3.05, 3.63) is 77.9 Å². The maximum absolute atomic E-state index is 13.8. The monoisotopic (exact) mass is 792 g/mol. The van der Waals surface area contributed by atoms with E-state index >= 15 is 0 Å². The van der Waals surface area contributed by atoms with Crippen molar-refractivity contribution in [1.29, 1.82) is 0 Å². The highest BCUT2D eigenvalue weighted by atomic mass is 16.5. The Morgan fingerprint density at radius 2 is 1.83 bits per heavy atom. The molecule has 5 amide bonds. The van der Waals surface area contributed by atoms with E-state index in [2.05, 4.69) is 15.4 Å². The molecule has 18 nitrogen and oxygen atoms in total. The summed E-state index contributed by atoms with van der Waals surface area (Å²) in [5, 5.41) is 7.40. The van der Waals surface area contributed by atoms with E-state index in [4.69, 9.17) is 24.9 Å². The van der Waals surface area contributed by atoms with Crippen molar-refractivity contribution >= 4 is 57.6 Å². The third kappa shape index (κ3) is 7.52. The number of nitrogens with zero attached hydrogens (tertiary/aromatic N) is 8. The number of para-hydroxylation sites is 2. The lowest BCUT2D eigenvalue weighted by Gasteiger charge is -2.39. The Hall–Kier alpha value is -6.82. The van der Waals surface area contributed by atoms with Crippen molar-refractivity contribution in [3.63, 3.8) is 0 Å². The quantitative estimate of drug-likeness (QED) is 0.0794. The average molecular weight is 793 g/mol. The van der Waals surface area contributed by atoms with Gasteiger partial charge < -0.3 is 29.4 Å². The van der Waals surface area contributed by atoms with Crippen LogP contribution in [0.1, 0.15) is 53.2 Å². The molecule has 0 bridgehead atoms. The van der Waals surface area contributed by atoms with Crippen LogP contribution in [-0.4, -0.2) is 114 Å². The molecule has 3 N–H and O–H groups in total. The van der Waals surface area contributed by atoms with Gasteiger partial charge in [0.1, 0.15) is 28.6 Å². The van der Waals surface area contributed by atoms with Gasteiger partial charge in [0.25, 0.3) is 23.6 Å². The molecule has 0 aliphatic carbocycles. The predicted octanol–water partition coefficient (Wildman–Crippen LogP) is 3.15. The molecular weight excluding hydrogens is 749 g/mol. The second-order valence-electron chi connectivity index (χ2n) is 13.7. The zero-order chi connectivity index (χ0) is 41.1. The molecule has 3 aromatic heterocycles. The van der Waals surface area contributed by atoms with Gasteiger partial charge in [-0.05, 0) is 39.0 Å². The summed E-state index contributed by atoms with van der Waals surface area (Å²) in [6.07, 6.45) is 8.01. The van der Waals surface area contributed by atoms with Gasteiger partial charge in [-0.15, -0.1) is 0 Å². The van der Waals surface area contributed by atoms with Gasteiger partial charge in [-0.3, -0.25) is 43.4 Å². The number of imide groups is 1. The number of methoxy groups -OCH3 is 1. The molecule has 5 aromatic rings. The van der Waals surface area contributed by atoms with Crippen molar-refractivity contribution in [3.8, 4) is 17.2 Å². The number of aromatic nitrogens is 6. The lowest BCUT2D eigenvalue weighted by atomic mass is 10.1. The van der Waals surface area contributed by atoms with Crippen LogP contribution >= 0.6 is 0 Å². The Kier molecular flexibility index (Phi) is 11.4. The third-order valence-electron chi connectivity index (χ3n) is 9.94. The fourth-order valence-corrected chi connectivity index (χ4v) is 7.09. The average Bonchev–Trinajstić information content (AvgIpc) is 3.97. The van der Waals surface area contributed by atoms with E-state index in [-0.39, 0.29) is 61.1 Å². The number of rotatable bonds is 17. The van der Waals surface area contributed by atoms with E-state index in [9.17, 15) is 24.0 Å². The molecule has 5 heterocycles. The molecular formula is C40H44N10O8. The largest absolute Gasteiger partial charge is 0.492 e. The fraction of sp³-hybridized carbons (Fsp3) is 0.350. The van der Waals surface area contributed by atoms with Gasteiger partial charge in [-0.25, -0.2) is 9.97 Å². The summed E-state index contributed by atoms with van der Waals surface area (Å²) in [6.45, 7) is 7.55. The minimum atomic E-state index is -0.796. The van der Waals surface area contributed by atoms with Crippen LogP contribution in [0.3, 0.4) is 0 Å². The van der Waals surface area contributed by atoms with Crippen molar-refractivity contribution in [2.45, 2.75) is 52.8 Å². The Balaban J connectivity index is 1.17. The fourth-order valence-electron chi connectivity index (χ4n) is 7.09. The normalized spacial score (nSPS) is 14.3. The van der Waals surface area contributed by atoms with Crippen molar-refractivity contribution in [1.82, 2.24) is 38.7 Å². The Morgan fingerprint density at radius 1 is 1.07 bits per heavy atom. The number of ether oxygens (including phenoxy) is 3. The van der Waals surface area contributed by atoms with Crippen LogP contribution in [0.5, 0.6) is 11.5 Å². The molecule has 7 rings (SSSR count). The third-order valence-corrected chi connectivity index (χ3v) is 9.94. The van der Waals surface area contributed by atoms with Crippen LogP contribution in [0, 0.1) is 6.92 Å². The van der Waals surface area contributed by atoms with E-state index in [0.717, 1.165) is 4.90 Å². The predicted molar refractivity (Wildman–Crippen MR) is 212 cm³/mol. The number of amides is 5. The molecule has 18 heteroatoms. The van der Waals surface area contributed by atoms with Crippen molar-refractivity contribution in [2.75, 3.05) is 45.3 Å². The zero-order valence-electron chi connectivity index (χ0n) is 32.6. The number of nitrogens with one attached hydrogen (secondary N) is 1. The number of allylic oxidation sites excluding steroid dienone is 2. The molecule has 2 aliphatic rings. The highest BCUT2D eigenvalue weighted by molar-refractivity contribution is 6.13. The van der Waals surface area contributed by atoms with Gasteiger partial charge >= 0.3 is 0 Å². The Bertz CT molecular complexity index is 2470. The van der Waals surface area contributed by atoms with Crippen LogP contribution in [0.25, 0.3) is 27.8 Å². The lowest BCUT2D eigenvalue weighted by Crippen LogP contribution is -2.55. The van der Waals surface area contributed by atoms with Crippen molar-refractivity contribution in [2.24, 2.45) is 5.73 Å². The number of fused-ring (bicyclic) bond motifs is 2. The highest BCUT2D eigenvalue weighted by Crippen LogP contribution is 2.45. The van der Waals surface area contributed by atoms with Crippen LogP contribution in [-0.2, 0) is 32.2 Å². The molecule has 0 atom stereocenters. The number of nitrogens with two attached hydrogens (primary N) is 1. The van der Waals surface area contributed by atoms with Crippen LogP contribution in [0.15, 0.2) is 61.0 Å². The minimum Gasteiger partial charge on any atom is -0.492 e. The van der Waals surface area contributed by atoms with Crippen LogP contribution in [0.2, 0.25) is 0 Å². The number of anilines is 1. The number of likely N-dealkylation sites (tertiary alicyclic amines) is 1. The van der Waals surface area contributed by atoms with E-state index in [0.29, 0.717) is 71.8 Å². The first-order valence-electron chi connectivity index (χ1n) is 18.9. The van der Waals surface area contributed by atoms with Gasteiger partial charge in [-0.2, -0.15) is 5.10 Å². The number of hydrogen-bond donors (Lipinski definition) is 2. The summed E-state index contributed by atoms with van der Waals surface area (Å²) in [6, 6.07) is 9.11. The molecule has 2 aliphatic heterocycles. The van der Waals surface area contributed by atoms with Crippen molar-refractivity contribution < 1.29 is 38.2 Å². The molecule has 0 radical (unpaired) electrons. The summed E-state index contributed by atoms with van der Waals surface area (Å²) in [5.74, 6) is -1.78. The van der Waals surface area contributed by atoms with E-state index < -0.39 is 23.6 Å². The first kappa shape index (κ1) is 39.4. The summed E-state index contributed by atoms with van der Waals surface area (Å²) >= 11 is 0. The highest BCUT2D eigenvalue weighted by Gasteiger charge is 2.34. The molecule has 0 saturated carbocycles. The number of imidazole rings is 2. The molecule has 0 spiro atoms. The van der Waals surface area contributed by atoms with Gasteiger partial charge in [0.15, 0.2) is 11.5 Å². The summed E-state index contributed by atoms with van der Waals surface area (Å²) in [4.78, 5) is 75.7. The molecule has 2 aromatic carbocycles. The molecule has 1 saturated heterocycles. The maximum Gasteiger partial charge on any atom is 0.276 e. The molecule has 1 fully saturated rings. The van der Waals surface area contributed by atoms with Crippen LogP contribution in [0.4, 0.5) is 5.95 Å². The maximum atomic E-state index is 13.8. The summed E-state index contributed by atoms with van der Waals surface area (Å²) in [5.41, 5.74) is 9.56. The summed E-state index contributed by atoms with van der Waals surface area (Å²) in [7, 11) is 1.42. The molecule has 0 unspecified atom stereocenters. The second kappa shape index (κ2) is 16.7. The Morgan fingerprint density at radius 3 is 2.53 bits per heavy atom. The number of primary amides is 1. The van der Waals surface area contributed by atoms with E-state index in [1.54, 1.807) is 31.1 Å². The number of hydrogen-bond acceptors (Lipinski definition) is 11. The zero-order valence-corrected chi connectivity index (χ0v) is 32.6. The second-order valence-corrected chi connectivity index (χ2v) is 13.7. The topological polar surface area (TPSA) is 211 Å². The number of benzene rings is 2. The first-order valence-corrected chi connectivity index (χ1v) is 18.9. The van der Waals surface area contributed by atoms with Crippen LogP contribution < -0.4 is 20.5 Å².